The lowest BCUT2D eigenvalue weighted by atomic mass is 9.93. The quantitative estimate of drug-likeness (QED) is 0.531. The van der Waals surface area contributed by atoms with Crippen LogP contribution in [0.2, 0.25) is 0 Å². The van der Waals surface area contributed by atoms with E-state index in [4.69, 9.17) is 0 Å². The van der Waals surface area contributed by atoms with E-state index in [0.717, 1.165) is 27.9 Å². The molecule has 33 heavy (non-hydrogen) atoms. The van der Waals surface area contributed by atoms with E-state index in [1.807, 2.05) is 19.1 Å². The van der Waals surface area contributed by atoms with E-state index in [1.165, 1.54) is 12.1 Å². The van der Waals surface area contributed by atoms with Crippen molar-refractivity contribution in [1.29, 1.82) is 0 Å². The molecule has 1 aromatic carbocycles. The Bertz CT molecular complexity index is 1270. The van der Waals surface area contributed by atoms with E-state index >= 15 is 0 Å². The first-order chi connectivity index (χ1) is 15.5. The molecule has 0 bridgehead atoms. The first-order valence-electron chi connectivity index (χ1n) is 10.4. The van der Waals surface area contributed by atoms with Crippen molar-refractivity contribution in [3.05, 3.63) is 48.3 Å². The van der Waals surface area contributed by atoms with Crippen molar-refractivity contribution in [2.45, 2.75) is 55.8 Å². The molecule has 0 aliphatic heterocycles. The maximum atomic E-state index is 12.9. The van der Waals surface area contributed by atoms with Crippen LogP contribution in [-0.4, -0.2) is 42.7 Å². The number of esters is 1. The predicted molar refractivity (Wildman–Crippen MR) is 115 cm³/mol. The highest BCUT2D eigenvalue weighted by atomic mass is 32.2. The smallest absolute Gasteiger partial charge is 0.454 e. The first kappa shape index (κ1) is 23.2. The summed E-state index contributed by atoms with van der Waals surface area (Å²) in [5, 5.41) is 0.903. The van der Waals surface area contributed by atoms with Crippen LogP contribution in [0.4, 0.5) is 13.2 Å². The Morgan fingerprint density at radius 3 is 2.55 bits per heavy atom. The summed E-state index contributed by atoms with van der Waals surface area (Å²) in [6, 6.07) is 9.04. The minimum absolute atomic E-state index is 0.0340. The number of sulfonamides is 1. The SMILES string of the molecule is Cc1cc2c(-c3ccc(S(=O)(=O)NC4CCCCC4OC(=O)C(F)(F)F)cc3)ccnc2[nH]1. The standard InChI is InChI=1S/C22H22F3N3O4S/c1-13-12-17-16(10-11-26-20(17)27-13)14-6-8-15(9-7-14)33(30,31)28-18-4-2-3-5-19(18)32-21(29)22(23,24)25/h6-12,18-19,28H,2-5H2,1H3,(H,26,27). The fourth-order valence-electron chi connectivity index (χ4n) is 4.07. The number of halogens is 3. The molecule has 11 heteroatoms. The Hall–Kier alpha value is -2.92. The first-order valence-corrected chi connectivity index (χ1v) is 11.9. The van der Waals surface area contributed by atoms with Gasteiger partial charge >= 0.3 is 12.1 Å². The third-order valence-corrected chi connectivity index (χ3v) is 7.15. The number of carbonyl (C=O) groups excluding carboxylic acids is 1. The number of pyridine rings is 1. The van der Waals surface area contributed by atoms with E-state index in [-0.39, 0.29) is 17.7 Å². The number of aromatic amines is 1. The number of hydrogen-bond acceptors (Lipinski definition) is 5. The molecule has 0 spiro atoms. The van der Waals surface area contributed by atoms with Gasteiger partial charge in [-0.3, -0.25) is 0 Å². The molecular formula is C22H22F3N3O4S. The van der Waals surface area contributed by atoms with Crippen LogP contribution in [0.3, 0.4) is 0 Å². The molecule has 176 valence electrons. The summed E-state index contributed by atoms with van der Waals surface area (Å²) in [6.07, 6.45) is -3.07. The Morgan fingerprint density at radius 1 is 1.15 bits per heavy atom. The molecule has 0 saturated heterocycles. The molecule has 3 aromatic rings. The molecule has 2 heterocycles. The predicted octanol–water partition coefficient (Wildman–Crippen LogP) is 4.23. The van der Waals surface area contributed by atoms with Gasteiger partial charge in [0.15, 0.2) is 0 Å². The number of aryl methyl sites for hydroxylation is 1. The summed E-state index contributed by atoms with van der Waals surface area (Å²) in [6.45, 7) is 1.91. The van der Waals surface area contributed by atoms with E-state index in [0.29, 0.717) is 12.8 Å². The van der Waals surface area contributed by atoms with Crippen molar-refractivity contribution < 1.29 is 31.1 Å². The van der Waals surface area contributed by atoms with Gasteiger partial charge in [0.1, 0.15) is 11.8 Å². The average Bonchev–Trinajstić information content (AvgIpc) is 3.14. The lowest BCUT2D eigenvalue weighted by molar-refractivity contribution is -0.206. The van der Waals surface area contributed by atoms with Gasteiger partial charge in [-0.1, -0.05) is 18.6 Å². The van der Waals surface area contributed by atoms with Crippen LogP contribution in [-0.2, 0) is 19.6 Å². The molecule has 2 aromatic heterocycles. The van der Waals surface area contributed by atoms with Gasteiger partial charge in [0.2, 0.25) is 10.0 Å². The maximum Gasteiger partial charge on any atom is 0.490 e. The number of carbonyl (C=O) groups is 1. The monoisotopic (exact) mass is 481 g/mol. The highest BCUT2D eigenvalue weighted by Gasteiger charge is 2.44. The molecule has 1 aliphatic carbocycles. The molecule has 4 rings (SSSR count). The van der Waals surface area contributed by atoms with E-state index in [1.54, 1.807) is 18.3 Å². The zero-order chi connectivity index (χ0) is 23.8. The van der Waals surface area contributed by atoms with Crippen LogP contribution < -0.4 is 4.72 Å². The van der Waals surface area contributed by atoms with Crippen molar-refractivity contribution in [3.63, 3.8) is 0 Å². The topological polar surface area (TPSA) is 101 Å². The number of aromatic nitrogens is 2. The Balaban J connectivity index is 1.54. The van der Waals surface area contributed by atoms with Crippen LogP contribution >= 0.6 is 0 Å². The number of H-pyrrole nitrogens is 1. The van der Waals surface area contributed by atoms with Gasteiger partial charge in [-0.25, -0.2) is 22.9 Å². The molecule has 2 atom stereocenters. The number of rotatable bonds is 5. The maximum absolute atomic E-state index is 12.9. The van der Waals surface area contributed by atoms with Gasteiger partial charge in [0.05, 0.1) is 10.9 Å². The largest absolute Gasteiger partial charge is 0.490 e. The fraction of sp³-hybridized carbons (Fsp3) is 0.364. The molecule has 1 aliphatic rings. The molecule has 7 nitrogen and oxygen atoms in total. The summed E-state index contributed by atoms with van der Waals surface area (Å²) in [5.41, 5.74) is 3.34. The van der Waals surface area contributed by atoms with Gasteiger partial charge in [-0.15, -0.1) is 0 Å². The summed E-state index contributed by atoms with van der Waals surface area (Å²) < 4.78 is 70.6. The highest BCUT2D eigenvalue weighted by Crippen LogP contribution is 2.30. The molecule has 1 saturated carbocycles. The zero-order valence-corrected chi connectivity index (χ0v) is 18.5. The normalized spacial score (nSPS) is 19.5. The lowest BCUT2D eigenvalue weighted by Gasteiger charge is -2.31. The van der Waals surface area contributed by atoms with Gasteiger partial charge in [-0.05, 0) is 61.6 Å². The number of hydrogen-bond donors (Lipinski definition) is 2. The summed E-state index contributed by atoms with van der Waals surface area (Å²) in [5.74, 6) is -2.31. The van der Waals surface area contributed by atoms with Crippen LogP contribution in [0.25, 0.3) is 22.2 Å². The van der Waals surface area contributed by atoms with Crippen molar-refractivity contribution >= 4 is 27.0 Å². The third kappa shape index (κ3) is 5.03. The van der Waals surface area contributed by atoms with E-state index in [2.05, 4.69) is 19.4 Å². The summed E-state index contributed by atoms with van der Waals surface area (Å²) in [7, 11) is -4.04. The number of nitrogens with one attached hydrogen (secondary N) is 2. The van der Waals surface area contributed by atoms with Crippen LogP contribution in [0, 0.1) is 6.92 Å². The number of alkyl halides is 3. The second kappa shape index (κ2) is 8.79. The van der Waals surface area contributed by atoms with Gasteiger partial charge in [0.25, 0.3) is 0 Å². The minimum Gasteiger partial charge on any atom is -0.454 e. The lowest BCUT2D eigenvalue weighted by Crippen LogP contribution is -2.48. The van der Waals surface area contributed by atoms with E-state index in [9.17, 15) is 26.4 Å². The van der Waals surface area contributed by atoms with E-state index < -0.39 is 34.3 Å². The van der Waals surface area contributed by atoms with Crippen molar-refractivity contribution in [2.75, 3.05) is 0 Å². The second-order valence-corrected chi connectivity index (χ2v) is 9.77. The third-order valence-electron chi connectivity index (χ3n) is 5.64. The molecule has 2 N–H and O–H groups in total. The second-order valence-electron chi connectivity index (χ2n) is 8.05. The average molecular weight is 481 g/mol. The molecular weight excluding hydrogens is 459 g/mol. The summed E-state index contributed by atoms with van der Waals surface area (Å²) >= 11 is 0. The van der Waals surface area contributed by atoms with Crippen LogP contribution in [0.5, 0.6) is 0 Å². The number of nitrogens with zero attached hydrogens (tertiary/aromatic N) is 1. The Kier molecular flexibility index (Phi) is 6.19. The fourth-order valence-corrected chi connectivity index (χ4v) is 5.37. The van der Waals surface area contributed by atoms with Gasteiger partial charge in [0, 0.05) is 17.3 Å². The zero-order valence-electron chi connectivity index (χ0n) is 17.6. The van der Waals surface area contributed by atoms with Gasteiger partial charge in [-0.2, -0.15) is 13.2 Å². The minimum atomic E-state index is -5.13. The van der Waals surface area contributed by atoms with Gasteiger partial charge < -0.3 is 9.72 Å². The molecule has 2 unspecified atom stereocenters. The number of ether oxygens (including phenoxy) is 1. The Morgan fingerprint density at radius 2 is 1.85 bits per heavy atom. The Labute approximate surface area is 188 Å². The van der Waals surface area contributed by atoms with Crippen molar-refractivity contribution in [2.24, 2.45) is 0 Å². The van der Waals surface area contributed by atoms with Crippen LogP contribution in [0.15, 0.2) is 47.5 Å². The van der Waals surface area contributed by atoms with Crippen LogP contribution in [0.1, 0.15) is 31.4 Å². The summed E-state index contributed by atoms with van der Waals surface area (Å²) in [4.78, 5) is 18.7. The van der Waals surface area contributed by atoms with Crippen molar-refractivity contribution in [3.8, 4) is 11.1 Å². The molecule has 0 amide bonds. The number of fused-ring (bicyclic) bond motifs is 1. The van der Waals surface area contributed by atoms with Crippen molar-refractivity contribution in [1.82, 2.24) is 14.7 Å². The molecule has 1 fully saturated rings. The highest BCUT2D eigenvalue weighted by molar-refractivity contribution is 7.89. The molecule has 0 radical (unpaired) electrons. The number of benzene rings is 1.